The van der Waals surface area contributed by atoms with Crippen molar-refractivity contribution >= 4 is 12.7 Å². The molecule has 0 saturated carbocycles. The first kappa shape index (κ1) is 10.1. The quantitative estimate of drug-likeness (QED) is 0.324. The lowest BCUT2D eigenvalue weighted by molar-refractivity contribution is -0.159. The molecule has 0 aromatic rings. The molecule has 5 nitrogen and oxygen atoms in total. The Hall–Kier alpha value is -0.940. The fraction of sp³-hybridized carbons (Fsp3) is 0.667. The van der Waals surface area contributed by atoms with Crippen molar-refractivity contribution in [3.8, 4) is 0 Å². The molecular formula is C6H11NO4. The van der Waals surface area contributed by atoms with E-state index in [4.69, 9.17) is 10.2 Å². The molecule has 2 unspecified atom stereocenters. The Balaban J connectivity index is 3.90. The van der Waals surface area contributed by atoms with Gasteiger partial charge < -0.3 is 15.1 Å². The third-order valence-corrected chi connectivity index (χ3v) is 1.18. The van der Waals surface area contributed by atoms with Gasteiger partial charge in [-0.25, -0.2) is 4.79 Å². The monoisotopic (exact) mass is 161 g/mol. The first-order valence-corrected chi connectivity index (χ1v) is 3.16. The molecule has 0 rings (SSSR count). The van der Waals surface area contributed by atoms with Gasteiger partial charge in [0.2, 0.25) is 0 Å². The number of carbonyl (C=O) groups is 1. The molecule has 0 bridgehead atoms. The second-order valence-corrected chi connectivity index (χ2v) is 1.96. The normalized spacial score (nSPS) is 15.2. The number of aliphatic hydroxyl groups is 2. The highest BCUT2D eigenvalue weighted by Gasteiger charge is 2.24. The summed E-state index contributed by atoms with van der Waals surface area (Å²) in [6, 6.07) is 0. The summed E-state index contributed by atoms with van der Waals surface area (Å²) in [6.45, 7) is 4.51. The van der Waals surface area contributed by atoms with Crippen molar-refractivity contribution in [2.75, 3.05) is 0 Å². The number of carbonyl (C=O) groups excluding carboxylic acids is 1. The van der Waals surface area contributed by atoms with Crippen LogP contribution in [-0.2, 0) is 9.63 Å². The molecule has 0 aliphatic heterocycles. The zero-order chi connectivity index (χ0) is 8.85. The Morgan fingerprint density at radius 1 is 1.73 bits per heavy atom. The number of aliphatic hydroxyl groups excluding tert-OH is 2. The second kappa shape index (κ2) is 4.81. The zero-order valence-corrected chi connectivity index (χ0v) is 6.23. The number of hydrogen-bond acceptors (Lipinski definition) is 5. The molecule has 2 atom stereocenters. The molecular weight excluding hydrogens is 150 g/mol. The number of nitrogens with zero attached hydrogens (tertiary/aromatic N) is 1. The van der Waals surface area contributed by atoms with E-state index in [1.54, 1.807) is 6.92 Å². The zero-order valence-electron chi connectivity index (χ0n) is 6.23. The predicted molar refractivity (Wildman–Crippen MR) is 37.9 cm³/mol. The molecule has 2 N–H and O–H groups in total. The molecule has 0 radical (unpaired) electrons. The van der Waals surface area contributed by atoms with Crippen LogP contribution in [0.15, 0.2) is 5.16 Å². The van der Waals surface area contributed by atoms with E-state index < -0.39 is 18.2 Å². The SMILES string of the molecule is C=NOC(=O)C(O)C(O)CC. The third kappa shape index (κ3) is 3.10. The minimum atomic E-state index is -1.54. The lowest BCUT2D eigenvalue weighted by Crippen LogP contribution is -2.33. The van der Waals surface area contributed by atoms with E-state index in [2.05, 4.69) is 16.7 Å². The number of hydrogen-bond donors (Lipinski definition) is 2. The van der Waals surface area contributed by atoms with Gasteiger partial charge in [-0.15, -0.1) is 0 Å². The largest absolute Gasteiger partial charge is 0.390 e. The van der Waals surface area contributed by atoms with Crippen molar-refractivity contribution in [3.05, 3.63) is 0 Å². The summed E-state index contributed by atoms with van der Waals surface area (Å²) in [5.74, 6) is -0.991. The fourth-order valence-electron chi connectivity index (χ4n) is 0.498. The van der Waals surface area contributed by atoms with Gasteiger partial charge in [-0.2, -0.15) is 0 Å². The van der Waals surface area contributed by atoms with Crippen LogP contribution in [0.25, 0.3) is 0 Å². The van der Waals surface area contributed by atoms with Crippen LogP contribution in [0.4, 0.5) is 0 Å². The van der Waals surface area contributed by atoms with Gasteiger partial charge in [0.1, 0.15) is 0 Å². The van der Waals surface area contributed by atoms with Gasteiger partial charge in [-0.3, -0.25) is 0 Å². The van der Waals surface area contributed by atoms with E-state index in [9.17, 15) is 4.79 Å². The lowest BCUT2D eigenvalue weighted by Gasteiger charge is -2.11. The van der Waals surface area contributed by atoms with Gasteiger partial charge >= 0.3 is 5.97 Å². The Morgan fingerprint density at radius 2 is 2.27 bits per heavy atom. The molecule has 0 saturated heterocycles. The minimum absolute atomic E-state index is 0.271. The van der Waals surface area contributed by atoms with Crippen molar-refractivity contribution < 1.29 is 19.8 Å². The average molecular weight is 161 g/mol. The van der Waals surface area contributed by atoms with Crippen LogP contribution in [0, 0.1) is 0 Å². The van der Waals surface area contributed by atoms with E-state index in [0.29, 0.717) is 0 Å². The lowest BCUT2D eigenvalue weighted by atomic mass is 10.1. The molecule has 0 amide bonds. The van der Waals surface area contributed by atoms with Crippen molar-refractivity contribution in [2.45, 2.75) is 25.6 Å². The predicted octanol–water partition coefficient (Wildman–Crippen LogP) is -0.723. The summed E-state index contributed by atoms with van der Waals surface area (Å²) < 4.78 is 0. The maximum atomic E-state index is 10.6. The Kier molecular flexibility index (Phi) is 4.40. The van der Waals surface area contributed by atoms with Crippen molar-refractivity contribution in [3.63, 3.8) is 0 Å². The molecule has 11 heavy (non-hydrogen) atoms. The summed E-state index contributed by atoms with van der Waals surface area (Å²) >= 11 is 0. The third-order valence-electron chi connectivity index (χ3n) is 1.18. The highest BCUT2D eigenvalue weighted by molar-refractivity contribution is 5.75. The second-order valence-electron chi connectivity index (χ2n) is 1.96. The molecule has 0 aromatic heterocycles. The highest BCUT2D eigenvalue weighted by Crippen LogP contribution is 2.00. The fourth-order valence-corrected chi connectivity index (χ4v) is 0.498. The number of rotatable bonds is 4. The van der Waals surface area contributed by atoms with Crippen LogP contribution < -0.4 is 0 Å². The van der Waals surface area contributed by atoms with E-state index in [1.165, 1.54) is 0 Å². The van der Waals surface area contributed by atoms with Gasteiger partial charge in [-0.1, -0.05) is 12.1 Å². The minimum Gasteiger partial charge on any atom is -0.390 e. The van der Waals surface area contributed by atoms with Gasteiger partial charge in [-0.05, 0) is 6.42 Å². The van der Waals surface area contributed by atoms with Gasteiger partial charge in [0.25, 0.3) is 0 Å². The van der Waals surface area contributed by atoms with Crippen molar-refractivity contribution in [1.29, 1.82) is 0 Å². The van der Waals surface area contributed by atoms with E-state index in [1.807, 2.05) is 0 Å². The van der Waals surface area contributed by atoms with E-state index >= 15 is 0 Å². The molecule has 0 fully saturated rings. The van der Waals surface area contributed by atoms with Crippen LogP contribution >= 0.6 is 0 Å². The van der Waals surface area contributed by atoms with Gasteiger partial charge in [0.15, 0.2) is 6.10 Å². The van der Waals surface area contributed by atoms with Crippen LogP contribution in [0.5, 0.6) is 0 Å². The summed E-state index contributed by atoms with van der Waals surface area (Å²) in [7, 11) is 0. The van der Waals surface area contributed by atoms with Crippen LogP contribution in [0.1, 0.15) is 13.3 Å². The summed E-state index contributed by atoms with van der Waals surface area (Å²) in [4.78, 5) is 14.6. The molecule has 0 aromatic carbocycles. The first-order chi connectivity index (χ1) is 5.13. The van der Waals surface area contributed by atoms with Crippen molar-refractivity contribution in [2.24, 2.45) is 5.16 Å². The average Bonchev–Trinajstić information content (AvgIpc) is 2.02. The van der Waals surface area contributed by atoms with Crippen molar-refractivity contribution in [1.82, 2.24) is 0 Å². The molecule has 5 heteroatoms. The molecule has 0 aliphatic carbocycles. The standard InChI is InChI=1S/C6H11NO4/c1-3-4(8)5(9)6(10)11-7-2/h4-5,8-9H,2-3H2,1H3. The topological polar surface area (TPSA) is 79.1 Å². The molecule has 0 heterocycles. The van der Waals surface area contributed by atoms with Gasteiger partial charge in [0.05, 0.1) is 6.10 Å². The summed E-state index contributed by atoms with van der Waals surface area (Å²) in [5.41, 5.74) is 0. The molecule has 64 valence electrons. The Morgan fingerprint density at radius 3 is 2.64 bits per heavy atom. The smallest absolute Gasteiger partial charge is 0.365 e. The van der Waals surface area contributed by atoms with E-state index in [-0.39, 0.29) is 6.42 Å². The molecule has 0 spiro atoms. The van der Waals surface area contributed by atoms with Crippen LogP contribution in [0.3, 0.4) is 0 Å². The number of oxime groups is 1. The van der Waals surface area contributed by atoms with Crippen LogP contribution in [0.2, 0.25) is 0 Å². The van der Waals surface area contributed by atoms with E-state index in [0.717, 1.165) is 0 Å². The maximum absolute atomic E-state index is 10.6. The Bertz CT molecular complexity index is 148. The summed E-state index contributed by atoms with van der Waals surface area (Å²) in [5, 5.41) is 20.6. The van der Waals surface area contributed by atoms with Crippen LogP contribution in [-0.4, -0.2) is 35.1 Å². The summed E-state index contributed by atoms with van der Waals surface area (Å²) in [6.07, 6.45) is -2.37. The maximum Gasteiger partial charge on any atom is 0.365 e. The highest BCUT2D eigenvalue weighted by atomic mass is 16.7. The Labute approximate surface area is 64.3 Å². The van der Waals surface area contributed by atoms with Gasteiger partial charge in [0, 0.05) is 6.72 Å². The molecule has 0 aliphatic rings. The first-order valence-electron chi connectivity index (χ1n) is 3.16.